The third-order valence-corrected chi connectivity index (χ3v) is 25.5. The molecule has 4 fully saturated rings. The van der Waals surface area contributed by atoms with Gasteiger partial charge in [-0.15, -0.1) is 0 Å². The van der Waals surface area contributed by atoms with Crippen molar-refractivity contribution >= 4 is 46.6 Å². The Kier molecular flexibility index (Phi) is 35.8. The normalized spacial score (nSPS) is 23.9. The molecule has 18 rings (SSSR count). The number of fused-ring (bicyclic) bond motifs is 1. The van der Waals surface area contributed by atoms with Gasteiger partial charge < -0.3 is 94.7 Å². The molecule has 26 nitrogen and oxygen atoms in total. The van der Waals surface area contributed by atoms with Gasteiger partial charge in [0.05, 0.1) is 98.9 Å². The number of carbonyl (C=O) groups excluding carboxylic acids is 6. The minimum atomic E-state index is -2.07. The van der Waals surface area contributed by atoms with E-state index in [4.69, 9.17) is 94.7 Å². The average Bonchev–Trinajstić information content (AvgIpc) is 0.747. The molecule has 748 valence electrons. The summed E-state index contributed by atoms with van der Waals surface area (Å²) < 4.78 is 145. The molecule has 14 aromatic carbocycles. The second-order valence-corrected chi connectivity index (χ2v) is 35.7. The molecule has 4 aliphatic heterocycles. The third-order valence-electron chi connectivity index (χ3n) is 25.5. The Morgan fingerprint density at radius 1 is 0.205 bits per heavy atom. The van der Waals surface area contributed by atoms with E-state index in [0.717, 1.165) is 27.5 Å². The van der Waals surface area contributed by atoms with Gasteiger partial charge in [-0.3, -0.25) is 0 Å². The molecule has 0 saturated carbocycles. The van der Waals surface area contributed by atoms with Crippen molar-refractivity contribution in [2.75, 3.05) is 26.4 Å². The van der Waals surface area contributed by atoms with Crippen molar-refractivity contribution in [3.05, 3.63) is 479 Å². The van der Waals surface area contributed by atoms with Crippen LogP contribution in [0.15, 0.2) is 406 Å². The van der Waals surface area contributed by atoms with Crippen LogP contribution in [0.4, 0.5) is 0 Å². The molecule has 0 amide bonds. The first-order valence-electron chi connectivity index (χ1n) is 48.8. The van der Waals surface area contributed by atoms with Crippen LogP contribution in [0, 0.1) is 0 Å². The Balaban J connectivity index is 0.838. The first-order chi connectivity index (χ1) is 71.8. The molecular weight excluding hydrogens is 1860 g/mol. The zero-order valence-corrected chi connectivity index (χ0v) is 80.1. The Hall–Kier alpha value is -14.4. The van der Waals surface area contributed by atoms with Gasteiger partial charge in [-0.1, -0.05) is 328 Å². The van der Waals surface area contributed by atoms with E-state index in [0.29, 0.717) is 22.3 Å². The molecule has 0 spiro atoms. The summed E-state index contributed by atoms with van der Waals surface area (Å²) in [6.45, 7) is -0.878. The van der Waals surface area contributed by atoms with Crippen LogP contribution in [-0.2, 0) is 141 Å². The molecule has 0 radical (unpaired) electrons. The maximum absolute atomic E-state index is 16.3. The van der Waals surface area contributed by atoms with Crippen molar-refractivity contribution in [2.45, 2.75) is 176 Å². The van der Waals surface area contributed by atoms with Crippen molar-refractivity contribution in [3.63, 3.8) is 0 Å². The molecule has 0 bridgehead atoms. The molecule has 4 heterocycles. The van der Waals surface area contributed by atoms with Gasteiger partial charge in [0, 0.05) is 0 Å². The van der Waals surface area contributed by atoms with Crippen molar-refractivity contribution in [3.8, 4) is 0 Å². The fourth-order valence-electron chi connectivity index (χ4n) is 18.1. The zero-order chi connectivity index (χ0) is 100.0. The fourth-order valence-corrected chi connectivity index (χ4v) is 18.1. The molecule has 20 unspecified atom stereocenters. The van der Waals surface area contributed by atoms with Gasteiger partial charge in [0.15, 0.2) is 43.3 Å². The number of benzene rings is 14. The number of hydrogen-bond acceptors (Lipinski definition) is 26. The first kappa shape index (κ1) is 102. The molecule has 20 atom stereocenters. The summed E-state index contributed by atoms with van der Waals surface area (Å²) in [5.74, 6) is -5.06. The number of esters is 6. The number of carbonyl (C=O) groups is 6. The van der Waals surface area contributed by atoms with Crippen LogP contribution >= 0.6 is 0 Å². The monoisotopic (exact) mass is 1970 g/mol. The zero-order valence-electron chi connectivity index (χ0n) is 80.1. The molecule has 14 aromatic rings. The van der Waals surface area contributed by atoms with Crippen LogP contribution in [0.25, 0.3) is 10.8 Å². The lowest BCUT2D eigenvalue weighted by atomic mass is 9.93. The highest BCUT2D eigenvalue weighted by Crippen LogP contribution is 2.43. The topological polar surface area (TPSA) is 287 Å². The lowest BCUT2D eigenvalue weighted by molar-refractivity contribution is -0.394. The predicted molar refractivity (Wildman–Crippen MR) is 536 cm³/mol. The molecule has 4 saturated heterocycles. The fraction of sp³-hybridized carbons (Fsp3) is 0.267. The molecule has 0 aliphatic carbocycles. The van der Waals surface area contributed by atoms with E-state index >= 15 is 19.2 Å². The number of ether oxygens (including phenoxy) is 20. The largest absolute Gasteiger partial charge is 0.459 e. The average molecular weight is 1970 g/mol. The van der Waals surface area contributed by atoms with E-state index in [9.17, 15) is 9.59 Å². The van der Waals surface area contributed by atoms with Gasteiger partial charge >= 0.3 is 35.8 Å². The van der Waals surface area contributed by atoms with E-state index in [2.05, 4.69) is 0 Å². The minimum absolute atomic E-state index is 0.0166. The van der Waals surface area contributed by atoms with Crippen LogP contribution in [0.2, 0.25) is 0 Å². The maximum Gasteiger partial charge on any atom is 0.338 e. The summed E-state index contributed by atoms with van der Waals surface area (Å²) in [4.78, 5) is 92.4. The summed E-state index contributed by atoms with van der Waals surface area (Å²) in [5, 5.41) is 1.84. The van der Waals surface area contributed by atoms with Gasteiger partial charge in [-0.2, -0.15) is 0 Å². The highest BCUT2D eigenvalue weighted by atomic mass is 16.8. The lowest BCUT2D eigenvalue weighted by Gasteiger charge is -2.52. The van der Waals surface area contributed by atoms with Gasteiger partial charge in [-0.05, 0) is 136 Å². The predicted octanol–water partition coefficient (Wildman–Crippen LogP) is 19.2. The van der Waals surface area contributed by atoms with Crippen LogP contribution in [0.1, 0.15) is 108 Å². The minimum Gasteiger partial charge on any atom is -0.459 e. The molecule has 26 heteroatoms. The van der Waals surface area contributed by atoms with E-state index < -0.39 is 172 Å². The SMILES string of the molecule is CC1OC(COCc2ccccc2)C(OCc2ccccc2)C(OC2OC(COC(=O)c3ccccc3)C(OC(=O)c3ccccc3)C(OC3OC(COCc4ccccc4)C(OCc4ccccc4)C(OC4OC(COC(=O)c5ccccc5)C(OC(=O)c5ccccc5)C(OCc5ccc6ccccc6c5)C4OCc4ccccc4)C3OC(=O)c3ccccc3)C2OCc2ccccc2)C1OC(=O)c1ccccc1. The summed E-state index contributed by atoms with van der Waals surface area (Å²) in [7, 11) is 0. The van der Waals surface area contributed by atoms with Crippen LogP contribution in [0.3, 0.4) is 0 Å². The van der Waals surface area contributed by atoms with Crippen LogP contribution in [-0.4, -0.2) is 185 Å². The van der Waals surface area contributed by atoms with E-state index in [1.165, 1.54) is 0 Å². The quantitative estimate of drug-likeness (QED) is 0.0253. The Morgan fingerprint density at radius 3 is 0.815 bits per heavy atom. The Morgan fingerprint density at radius 2 is 0.452 bits per heavy atom. The highest BCUT2D eigenvalue weighted by Gasteiger charge is 2.61. The highest BCUT2D eigenvalue weighted by molar-refractivity contribution is 5.92. The Labute approximate surface area is 846 Å². The van der Waals surface area contributed by atoms with Gasteiger partial charge in [0.1, 0.15) is 86.5 Å². The molecular formula is C120H112O26. The lowest BCUT2D eigenvalue weighted by Crippen LogP contribution is -2.69. The molecule has 0 N–H and O–H groups in total. The van der Waals surface area contributed by atoms with Crippen molar-refractivity contribution in [1.82, 2.24) is 0 Å². The van der Waals surface area contributed by atoms with E-state index in [-0.39, 0.29) is 92.8 Å². The summed E-state index contributed by atoms with van der Waals surface area (Å²) in [5.41, 5.74) is 5.72. The third kappa shape index (κ3) is 27.2. The standard InChI is InChI=1S/C120H112O26/c1-80-100(140-114(123)91-57-30-10-31-58-91)106(101(129-71-83-44-18-4-19-45-83)96(136-80)76-127-69-81-40-14-2-15-41-81)144-119-110(133-74-86-50-24-7-25-51-86)108(104(142-116(125)93-61-34-12-35-62-93)99(139-119)79-135-113(122)90-55-28-9-29-56-90)146-120-111(143-117(126)94-63-36-13-37-64-94)107(102(130-72-84-46-20-5-21-47-84)97(137-120)77-128-70-82-42-16-3-17-43-82)145-118-109(132-73-85-48-22-6-23-49-85)105(131-75-87-66-67-88-52-38-39-65-95(88)68-87)103(141-115(124)92-59-32-11-33-60-92)98(138-118)78-134-112(121)89-53-26-8-27-54-89/h2-68,80,96-111,118-120H,69-79H2,1H3. The first-order valence-corrected chi connectivity index (χ1v) is 48.8. The van der Waals surface area contributed by atoms with Crippen molar-refractivity contribution in [2.24, 2.45) is 0 Å². The van der Waals surface area contributed by atoms with Crippen LogP contribution < -0.4 is 0 Å². The smallest absolute Gasteiger partial charge is 0.338 e. The second-order valence-electron chi connectivity index (χ2n) is 35.7. The van der Waals surface area contributed by atoms with Gasteiger partial charge in [0.2, 0.25) is 0 Å². The molecule has 4 aliphatic rings. The van der Waals surface area contributed by atoms with Crippen molar-refractivity contribution < 1.29 is 124 Å². The Bertz CT molecular complexity index is 6420. The maximum atomic E-state index is 16.3. The van der Waals surface area contributed by atoms with Crippen LogP contribution in [0.5, 0.6) is 0 Å². The van der Waals surface area contributed by atoms with Crippen molar-refractivity contribution in [1.29, 1.82) is 0 Å². The number of hydrogen-bond donors (Lipinski definition) is 0. The summed E-state index contributed by atoms with van der Waals surface area (Å²) >= 11 is 0. The summed E-state index contributed by atoms with van der Waals surface area (Å²) in [6.07, 6.45) is -32.1. The van der Waals surface area contributed by atoms with Gasteiger partial charge in [-0.25, -0.2) is 28.8 Å². The molecule has 146 heavy (non-hydrogen) atoms. The summed E-state index contributed by atoms with van der Waals surface area (Å²) in [6, 6.07) is 119. The van der Waals surface area contributed by atoms with Gasteiger partial charge in [0.25, 0.3) is 0 Å². The van der Waals surface area contributed by atoms with E-state index in [1.807, 2.05) is 224 Å². The number of rotatable bonds is 43. The van der Waals surface area contributed by atoms with E-state index in [1.54, 1.807) is 189 Å². The molecule has 0 aromatic heterocycles. The second kappa shape index (κ2) is 51.4.